The Morgan fingerprint density at radius 1 is 1.24 bits per heavy atom. The monoisotopic (exact) mass is 241 g/mol. The zero-order valence-electron chi connectivity index (χ0n) is 11.5. The minimum Gasteiger partial charge on any atom is -0.481 e. The Balaban J connectivity index is 2.13. The highest BCUT2D eigenvalue weighted by Crippen LogP contribution is 2.39. The summed E-state index contributed by atoms with van der Waals surface area (Å²) in [7, 11) is 0. The number of rotatable bonds is 5. The maximum Gasteiger partial charge on any atom is 0.304 e. The van der Waals surface area contributed by atoms with Crippen LogP contribution in [-0.2, 0) is 4.79 Å². The lowest BCUT2D eigenvalue weighted by Gasteiger charge is -2.37. The summed E-state index contributed by atoms with van der Waals surface area (Å²) in [5.74, 6) is 0.897. The molecule has 1 aliphatic carbocycles. The van der Waals surface area contributed by atoms with Gasteiger partial charge < -0.3 is 10.4 Å². The van der Waals surface area contributed by atoms with Crippen molar-refractivity contribution in [3.05, 3.63) is 0 Å². The van der Waals surface area contributed by atoms with Crippen molar-refractivity contribution in [1.82, 2.24) is 5.32 Å². The van der Waals surface area contributed by atoms with Crippen LogP contribution >= 0.6 is 0 Å². The zero-order valence-corrected chi connectivity index (χ0v) is 11.5. The van der Waals surface area contributed by atoms with Crippen LogP contribution in [0.5, 0.6) is 0 Å². The largest absolute Gasteiger partial charge is 0.481 e. The average molecular weight is 241 g/mol. The molecule has 0 aromatic carbocycles. The van der Waals surface area contributed by atoms with Crippen LogP contribution in [0.1, 0.15) is 52.9 Å². The molecule has 17 heavy (non-hydrogen) atoms. The number of hydrogen-bond acceptors (Lipinski definition) is 2. The molecule has 0 aromatic rings. The van der Waals surface area contributed by atoms with Gasteiger partial charge in [-0.1, -0.05) is 20.8 Å². The molecule has 2 N–H and O–H groups in total. The predicted octanol–water partition coefficient (Wildman–Crippen LogP) is 2.90. The van der Waals surface area contributed by atoms with Gasteiger partial charge >= 0.3 is 5.97 Å². The van der Waals surface area contributed by atoms with Gasteiger partial charge in [0.2, 0.25) is 0 Å². The number of carbonyl (C=O) groups is 1. The van der Waals surface area contributed by atoms with Gasteiger partial charge in [-0.25, -0.2) is 0 Å². The van der Waals surface area contributed by atoms with Crippen molar-refractivity contribution < 1.29 is 9.90 Å². The molecule has 1 rings (SSSR count). The fourth-order valence-corrected chi connectivity index (χ4v) is 2.73. The summed E-state index contributed by atoms with van der Waals surface area (Å²) in [4.78, 5) is 10.4. The Labute approximate surface area is 105 Å². The lowest BCUT2D eigenvalue weighted by atomic mass is 9.70. The Morgan fingerprint density at radius 2 is 1.82 bits per heavy atom. The number of aliphatic carboxylic acids is 1. The molecular weight excluding hydrogens is 214 g/mol. The Bertz CT molecular complexity index is 237. The molecular formula is C14H27NO2. The fraction of sp³-hybridized carbons (Fsp3) is 0.929. The van der Waals surface area contributed by atoms with Crippen molar-refractivity contribution in [3.63, 3.8) is 0 Å². The van der Waals surface area contributed by atoms with Gasteiger partial charge in [-0.2, -0.15) is 0 Å². The van der Waals surface area contributed by atoms with Crippen molar-refractivity contribution in [2.24, 2.45) is 17.3 Å². The van der Waals surface area contributed by atoms with E-state index in [4.69, 9.17) is 5.11 Å². The van der Waals surface area contributed by atoms with Crippen molar-refractivity contribution in [1.29, 1.82) is 0 Å². The molecule has 0 heterocycles. The van der Waals surface area contributed by atoms with Crippen LogP contribution in [0.25, 0.3) is 0 Å². The van der Waals surface area contributed by atoms with Gasteiger partial charge in [-0.15, -0.1) is 0 Å². The lowest BCUT2D eigenvalue weighted by Crippen LogP contribution is -2.31. The van der Waals surface area contributed by atoms with Crippen LogP contribution in [0.15, 0.2) is 0 Å². The van der Waals surface area contributed by atoms with Crippen LogP contribution in [-0.4, -0.2) is 24.2 Å². The first kappa shape index (κ1) is 14.5. The van der Waals surface area contributed by atoms with Gasteiger partial charge in [0.25, 0.3) is 0 Å². The molecule has 1 fully saturated rings. The summed E-state index contributed by atoms with van der Waals surface area (Å²) in [5.41, 5.74) is 0.446. The SMILES string of the molecule is CC(C)(C)C1CCC(CNCCC(=O)O)CC1. The molecule has 0 aromatic heterocycles. The lowest BCUT2D eigenvalue weighted by molar-refractivity contribution is -0.136. The molecule has 1 aliphatic rings. The van der Waals surface area contributed by atoms with E-state index in [1.54, 1.807) is 0 Å². The summed E-state index contributed by atoms with van der Waals surface area (Å²) >= 11 is 0. The minimum atomic E-state index is -0.714. The molecule has 0 unspecified atom stereocenters. The predicted molar refractivity (Wildman–Crippen MR) is 70.0 cm³/mol. The third kappa shape index (κ3) is 5.53. The maximum atomic E-state index is 10.4. The quantitative estimate of drug-likeness (QED) is 0.728. The van der Waals surface area contributed by atoms with E-state index >= 15 is 0 Å². The Hall–Kier alpha value is -0.570. The second-order valence-corrected chi connectivity index (χ2v) is 6.43. The highest BCUT2D eigenvalue weighted by Gasteiger charge is 2.29. The normalized spacial score (nSPS) is 25.8. The van der Waals surface area contributed by atoms with E-state index in [-0.39, 0.29) is 6.42 Å². The van der Waals surface area contributed by atoms with Gasteiger partial charge in [0.15, 0.2) is 0 Å². The molecule has 1 saturated carbocycles. The molecule has 0 saturated heterocycles. The Kier molecular flexibility index (Phi) is 5.44. The first-order valence-electron chi connectivity index (χ1n) is 6.82. The van der Waals surface area contributed by atoms with E-state index in [0.29, 0.717) is 12.0 Å². The first-order chi connectivity index (χ1) is 7.89. The van der Waals surface area contributed by atoms with Crippen LogP contribution in [0.2, 0.25) is 0 Å². The minimum absolute atomic E-state index is 0.233. The number of carboxylic acid groups (broad SMARTS) is 1. The van der Waals surface area contributed by atoms with Gasteiger partial charge in [-0.3, -0.25) is 4.79 Å². The maximum absolute atomic E-state index is 10.4. The van der Waals surface area contributed by atoms with E-state index in [1.165, 1.54) is 25.7 Å². The molecule has 0 amide bonds. The third-order valence-electron chi connectivity index (χ3n) is 4.02. The molecule has 0 spiro atoms. The van der Waals surface area contributed by atoms with Gasteiger partial charge in [-0.05, 0) is 49.5 Å². The molecule has 3 nitrogen and oxygen atoms in total. The summed E-state index contributed by atoms with van der Waals surface area (Å²) in [6.07, 6.45) is 5.48. The van der Waals surface area contributed by atoms with Crippen molar-refractivity contribution in [2.45, 2.75) is 52.9 Å². The zero-order chi connectivity index (χ0) is 12.9. The summed E-state index contributed by atoms with van der Waals surface area (Å²) in [6.45, 7) is 8.61. The van der Waals surface area contributed by atoms with Crippen molar-refractivity contribution in [2.75, 3.05) is 13.1 Å². The van der Waals surface area contributed by atoms with E-state index in [0.717, 1.165) is 18.4 Å². The smallest absolute Gasteiger partial charge is 0.304 e. The molecule has 0 aliphatic heterocycles. The van der Waals surface area contributed by atoms with Crippen LogP contribution < -0.4 is 5.32 Å². The highest BCUT2D eigenvalue weighted by atomic mass is 16.4. The van der Waals surface area contributed by atoms with Crippen LogP contribution in [0, 0.1) is 17.3 Å². The standard InChI is InChI=1S/C14H27NO2/c1-14(2,3)12-6-4-11(5-7-12)10-15-9-8-13(16)17/h11-12,15H,4-10H2,1-3H3,(H,16,17). The van der Waals surface area contributed by atoms with E-state index in [9.17, 15) is 4.79 Å². The average Bonchev–Trinajstić information content (AvgIpc) is 2.23. The molecule has 3 heteroatoms. The van der Waals surface area contributed by atoms with Gasteiger partial charge in [0.1, 0.15) is 0 Å². The first-order valence-corrected chi connectivity index (χ1v) is 6.82. The topological polar surface area (TPSA) is 49.3 Å². The van der Waals surface area contributed by atoms with Crippen LogP contribution in [0.3, 0.4) is 0 Å². The van der Waals surface area contributed by atoms with E-state index in [1.807, 2.05) is 0 Å². The highest BCUT2D eigenvalue weighted by molar-refractivity contribution is 5.66. The second-order valence-electron chi connectivity index (χ2n) is 6.43. The fourth-order valence-electron chi connectivity index (χ4n) is 2.73. The van der Waals surface area contributed by atoms with Crippen molar-refractivity contribution >= 4 is 5.97 Å². The summed E-state index contributed by atoms with van der Waals surface area (Å²) in [6, 6.07) is 0. The van der Waals surface area contributed by atoms with Gasteiger partial charge in [0.05, 0.1) is 6.42 Å². The number of hydrogen-bond donors (Lipinski definition) is 2. The molecule has 0 bridgehead atoms. The van der Waals surface area contributed by atoms with Crippen molar-refractivity contribution in [3.8, 4) is 0 Å². The van der Waals surface area contributed by atoms with E-state index < -0.39 is 5.97 Å². The molecule has 0 radical (unpaired) electrons. The molecule has 0 atom stereocenters. The Morgan fingerprint density at radius 3 is 2.29 bits per heavy atom. The van der Waals surface area contributed by atoms with Crippen LogP contribution in [0.4, 0.5) is 0 Å². The van der Waals surface area contributed by atoms with Gasteiger partial charge in [0, 0.05) is 6.54 Å². The molecule has 100 valence electrons. The number of nitrogens with one attached hydrogen (secondary N) is 1. The second kappa shape index (κ2) is 6.39. The van der Waals surface area contributed by atoms with E-state index in [2.05, 4.69) is 26.1 Å². The number of carboxylic acids is 1. The summed E-state index contributed by atoms with van der Waals surface area (Å²) < 4.78 is 0. The third-order valence-corrected chi connectivity index (χ3v) is 4.02. The summed E-state index contributed by atoms with van der Waals surface area (Å²) in [5, 5.41) is 11.8.